The van der Waals surface area contributed by atoms with Gasteiger partial charge in [0.25, 0.3) is 0 Å². The molecular weight excluding hydrogens is 154 g/mol. The summed E-state index contributed by atoms with van der Waals surface area (Å²) >= 11 is 0. The van der Waals surface area contributed by atoms with Crippen molar-refractivity contribution in [1.29, 1.82) is 0 Å². The van der Waals surface area contributed by atoms with E-state index in [1.807, 2.05) is 13.8 Å². The Bertz CT molecular complexity index is 262. The third-order valence-corrected chi connectivity index (χ3v) is 1.53. The molecule has 0 aliphatic rings. The van der Waals surface area contributed by atoms with Gasteiger partial charge in [0.15, 0.2) is 11.6 Å². The molecule has 0 aliphatic heterocycles. The molecule has 0 aromatic carbocycles. The van der Waals surface area contributed by atoms with Crippen LogP contribution in [0.3, 0.4) is 0 Å². The summed E-state index contributed by atoms with van der Waals surface area (Å²) < 4.78 is 5.14. The minimum atomic E-state index is 0.722. The molecule has 1 aromatic rings. The predicted molar refractivity (Wildman–Crippen MR) is 47.5 cm³/mol. The molecule has 0 unspecified atom stereocenters. The van der Waals surface area contributed by atoms with Crippen LogP contribution in [-0.4, -0.2) is 23.6 Å². The SMILES string of the molecule is CCNc1ncnc(C)c1OC. The van der Waals surface area contributed by atoms with E-state index in [0.717, 1.165) is 23.8 Å². The van der Waals surface area contributed by atoms with E-state index in [4.69, 9.17) is 4.74 Å². The topological polar surface area (TPSA) is 47.0 Å². The Labute approximate surface area is 72.0 Å². The van der Waals surface area contributed by atoms with Gasteiger partial charge in [-0.25, -0.2) is 9.97 Å². The van der Waals surface area contributed by atoms with Crippen LogP contribution in [0.25, 0.3) is 0 Å². The van der Waals surface area contributed by atoms with Gasteiger partial charge in [-0.15, -0.1) is 0 Å². The summed E-state index contributed by atoms with van der Waals surface area (Å²) in [4.78, 5) is 8.07. The van der Waals surface area contributed by atoms with Crippen LogP contribution in [0.2, 0.25) is 0 Å². The van der Waals surface area contributed by atoms with E-state index in [2.05, 4.69) is 15.3 Å². The van der Waals surface area contributed by atoms with Crippen molar-refractivity contribution in [2.75, 3.05) is 19.0 Å². The van der Waals surface area contributed by atoms with E-state index in [9.17, 15) is 0 Å². The zero-order chi connectivity index (χ0) is 8.97. The highest BCUT2D eigenvalue weighted by molar-refractivity contribution is 5.51. The highest BCUT2D eigenvalue weighted by Gasteiger charge is 2.06. The number of rotatable bonds is 3. The minimum absolute atomic E-state index is 0.722. The summed E-state index contributed by atoms with van der Waals surface area (Å²) in [7, 11) is 1.62. The molecular formula is C8H13N3O. The van der Waals surface area contributed by atoms with E-state index in [1.54, 1.807) is 7.11 Å². The lowest BCUT2D eigenvalue weighted by atomic mass is 10.4. The highest BCUT2D eigenvalue weighted by atomic mass is 16.5. The molecule has 1 rings (SSSR count). The van der Waals surface area contributed by atoms with Crippen LogP contribution in [0.15, 0.2) is 6.33 Å². The normalized spacial score (nSPS) is 9.58. The molecule has 0 amide bonds. The molecule has 0 fully saturated rings. The van der Waals surface area contributed by atoms with Gasteiger partial charge in [0.2, 0.25) is 0 Å². The van der Waals surface area contributed by atoms with Crippen LogP contribution in [0.1, 0.15) is 12.6 Å². The average Bonchev–Trinajstić information content (AvgIpc) is 2.05. The monoisotopic (exact) mass is 167 g/mol. The molecule has 0 bridgehead atoms. The molecule has 0 radical (unpaired) electrons. The molecule has 0 spiro atoms. The van der Waals surface area contributed by atoms with Crippen molar-refractivity contribution in [3.05, 3.63) is 12.0 Å². The van der Waals surface area contributed by atoms with E-state index < -0.39 is 0 Å². The number of aromatic nitrogens is 2. The van der Waals surface area contributed by atoms with Gasteiger partial charge in [-0.3, -0.25) is 0 Å². The quantitative estimate of drug-likeness (QED) is 0.735. The first-order chi connectivity index (χ1) is 5.79. The second kappa shape index (κ2) is 3.90. The summed E-state index contributed by atoms with van der Waals surface area (Å²) in [6.07, 6.45) is 1.52. The van der Waals surface area contributed by atoms with Crippen molar-refractivity contribution in [3.63, 3.8) is 0 Å². The summed E-state index contributed by atoms with van der Waals surface area (Å²) in [5.74, 6) is 1.48. The fraction of sp³-hybridized carbons (Fsp3) is 0.500. The fourth-order valence-corrected chi connectivity index (χ4v) is 1.000. The van der Waals surface area contributed by atoms with E-state index >= 15 is 0 Å². The van der Waals surface area contributed by atoms with Crippen molar-refractivity contribution >= 4 is 5.82 Å². The molecule has 1 heterocycles. The largest absolute Gasteiger partial charge is 0.491 e. The van der Waals surface area contributed by atoms with Crippen LogP contribution in [0.4, 0.5) is 5.82 Å². The third kappa shape index (κ3) is 1.64. The molecule has 0 saturated heterocycles. The second-order valence-electron chi connectivity index (χ2n) is 2.37. The maximum Gasteiger partial charge on any atom is 0.182 e. The van der Waals surface area contributed by atoms with Crippen LogP contribution in [0.5, 0.6) is 5.75 Å². The predicted octanol–water partition coefficient (Wildman–Crippen LogP) is 1.23. The number of nitrogens with one attached hydrogen (secondary N) is 1. The number of nitrogens with zero attached hydrogens (tertiary/aromatic N) is 2. The molecule has 4 nitrogen and oxygen atoms in total. The molecule has 0 atom stereocenters. The van der Waals surface area contributed by atoms with Crippen LogP contribution < -0.4 is 10.1 Å². The zero-order valence-corrected chi connectivity index (χ0v) is 7.59. The number of anilines is 1. The van der Waals surface area contributed by atoms with Gasteiger partial charge in [-0.05, 0) is 13.8 Å². The molecule has 0 aliphatic carbocycles. The van der Waals surface area contributed by atoms with Gasteiger partial charge in [0.05, 0.1) is 12.8 Å². The van der Waals surface area contributed by atoms with Crippen LogP contribution in [0, 0.1) is 6.92 Å². The van der Waals surface area contributed by atoms with E-state index in [-0.39, 0.29) is 0 Å². The number of ether oxygens (including phenoxy) is 1. The average molecular weight is 167 g/mol. The molecule has 66 valence electrons. The molecule has 1 aromatic heterocycles. The maximum absolute atomic E-state index is 5.14. The Hall–Kier alpha value is -1.32. The lowest BCUT2D eigenvalue weighted by molar-refractivity contribution is 0.409. The lowest BCUT2D eigenvalue weighted by Gasteiger charge is -2.09. The molecule has 1 N–H and O–H groups in total. The number of aryl methyl sites for hydroxylation is 1. The standard InChI is InChI=1S/C8H13N3O/c1-4-9-8-7(12-3)6(2)10-5-11-8/h5H,4H2,1-3H3,(H,9,10,11). The van der Waals surface area contributed by atoms with Gasteiger partial charge in [-0.2, -0.15) is 0 Å². The first kappa shape index (κ1) is 8.77. The molecule has 4 heteroatoms. The highest BCUT2D eigenvalue weighted by Crippen LogP contribution is 2.22. The van der Waals surface area contributed by atoms with Crippen molar-refractivity contribution < 1.29 is 4.74 Å². The van der Waals surface area contributed by atoms with Gasteiger partial charge in [0.1, 0.15) is 6.33 Å². The molecule has 12 heavy (non-hydrogen) atoms. The number of methoxy groups -OCH3 is 1. The van der Waals surface area contributed by atoms with Gasteiger partial charge in [-0.1, -0.05) is 0 Å². The fourth-order valence-electron chi connectivity index (χ4n) is 1.000. The van der Waals surface area contributed by atoms with E-state index in [1.165, 1.54) is 6.33 Å². The first-order valence-corrected chi connectivity index (χ1v) is 3.89. The van der Waals surface area contributed by atoms with Crippen LogP contribution in [-0.2, 0) is 0 Å². The van der Waals surface area contributed by atoms with Crippen molar-refractivity contribution in [2.45, 2.75) is 13.8 Å². The lowest BCUT2D eigenvalue weighted by Crippen LogP contribution is -2.03. The Morgan fingerprint density at radius 2 is 2.25 bits per heavy atom. The summed E-state index contributed by atoms with van der Waals surface area (Å²) in [6.45, 7) is 4.73. The van der Waals surface area contributed by atoms with Crippen molar-refractivity contribution in [3.8, 4) is 5.75 Å². The van der Waals surface area contributed by atoms with Crippen LogP contribution >= 0.6 is 0 Å². The Balaban J connectivity index is 3.00. The number of hydrogen-bond donors (Lipinski definition) is 1. The van der Waals surface area contributed by atoms with Crippen molar-refractivity contribution in [1.82, 2.24) is 9.97 Å². The summed E-state index contributed by atoms with van der Waals surface area (Å²) in [6, 6.07) is 0. The Morgan fingerprint density at radius 1 is 1.50 bits per heavy atom. The zero-order valence-electron chi connectivity index (χ0n) is 7.59. The summed E-state index contributed by atoms with van der Waals surface area (Å²) in [5, 5.41) is 3.09. The van der Waals surface area contributed by atoms with Crippen molar-refractivity contribution in [2.24, 2.45) is 0 Å². The summed E-state index contributed by atoms with van der Waals surface area (Å²) in [5.41, 5.74) is 0.850. The first-order valence-electron chi connectivity index (χ1n) is 3.89. The minimum Gasteiger partial charge on any atom is -0.491 e. The number of hydrogen-bond acceptors (Lipinski definition) is 4. The second-order valence-corrected chi connectivity index (χ2v) is 2.37. The van der Waals surface area contributed by atoms with Gasteiger partial charge >= 0.3 is 0 Å². The van der Waals surface area contributed by atoms with Gasteiger partial charge in [0, 0.05) is 6.54 Å². The van der Waals surface area contributed by atoms with E-state index in [0.29, 0.717) is 0 Å². The third-order valence-electron chi connectivity index (χ3n) is 1.53. The smallest absolute Gasteiger partial charge is 0.182 e. The Kier molecular flexibility index (Phi) is 2.85. The van der Waals surface area contributed by atoms with Gasteiger partial charge < -0.3 is 10.1 Å². The maximum atomic E-state index is 5.14. The Morgan fingerprint density at radius 3 is 2.83 bits per heavy atom. The molecule has 0 saturated carbocycles.